The molecule has 0 atom stereocenters. The lowest BCUT2D eigenvalue weighted by atomic mass is 9.99. The monoisotopic (exact) mass is 874 g/mol. The summed E-state index contributed by atoms with van der Waals surface area (Å²) in [5, 5.41) is 40.7. The lowest BCUT2D eigenvalue weighted by molar-refractivity contribution is -0.134. The van der Waals surface area contributed by atoms with Crippen LogP contribution in [0.4, 0.5) is 0 Å². The fourth-order valence-corrected chi connectivity index (χ4v) is 8.95. The first-order valence-corrected chi connectivity index (χ1v) is 19.8. The molecule has 50 heavy (non-hydrogen) atoms. The number of benzene rings is 4. The number of aromatic nitrogens is 6. The van der Waals surface area contributed by atoms with Gasteiger partial charge in [-0.1, -0.05) is 95.3 Å². The van der Waals surface area contributed by atoms with Crippen LogP contribution in [0.2, 0.25) is 10.0 Å². The van der Waals surface area contributed by atoms with Gasteiger partial charge < -0.3 is 10.2 Å². The molecule has 0 aliphatic heterocycles. The Labute approximate surface area is 321 Å². The third-order valence-corrected chi connectivity index (χ3v) is 11.8. The van der Waals surface area contributed by atoms with Crippen molar-refractivity contribution in [3.63, 3.8) is 0 Å². The quantitative estimate of drug-likeness (QED) is 0.128. The highest BCUT2D eigenvalue weighted by molar-refractivity contribution is 9.10. The molecule has 0 spiro atoms. The summed E-state index contributed by atoms with van der Waals surface area (Å²) in [5.74, 6) is -0.864. The van der Waals surface area contributed by atoms with Crippen LogP contribution in [-0.4, -0.2) is 63.2 Å². The van der Waals surface area contributed by atoms with E-state index in [-0.39, 0.29) is 11.5 Å². The lowest BCUT2D eigenvalue weighted by Crippen LogP contribution is -2.04. The van der Waals surface area contributed by atoms with E-state index in [4.69, 9.17) is 33.4 Å². The van der Waals surface area contributed by atoms with Gasteiger partial charge in [0.25, 0.3) is 0 Å². The Morgan fingerprint density at radius 3 is 1.36 bits per heavy atom. The number of aliphatic carboxylic acids is 2. The van der Waals surface area contributed by atoms with Crippen molar-refractivity contribution in [2.75, 3.05) is 11.5 Å². The second-order valence-electron chi connectivity index (χ2n) is 11.8. The van der Waals surface area contributed by atoms with Crippen molar-refractivity contribution in [3.05, 3.63) is 91.3 Å². The molecule has 256 valence electrons. The minimum atomic E-state index is -0.907. The molecule has 16 heteroatoms. The van der Waals surface area contributed by atoms with Crippen LogP contribution in [0.3, 0.4) is 0 Å². The summed E-state index contributed by atoms with van der Waals surface area (Å²) < 4.78 is 4.53. The van der Waals surface area contributed by atoms with Crippen LogP contribution >= 0.6 is 78.6 Å². The zero-order valence-electron chi connectivity index (χ0n) is 25.9. The van der Waals surface area contributed by atoms with Gasteiger partial charge in [0, 0.05) is 10.8 Å². The Kier molecular flexibility index (Phi) is 10.5. The van der Waals surface area contributed by atoms with E-state index in [1.54, 1.807) is 9.13 Å². The van der Waals surface area contributed by atoms with Crippen LogP contribution in [-0.2, 0) is 9.59 Å². The number of fused-ring (bicyclic) bond motifs is 2. The minimum absolute atomic E-state index is 0.0964. The Bertz CT molecular complexity index is 2130. The highest BCUT2D eigenvalue weighted by Crippen LogP contribution is 2.48. The average molecular weight is 877 g/mol. The van der Waals surface area contributed by atoms with E-state index in [0.29, 0.717) is 41.7 Å². The number of rotatable bonds is 10. The fourth-order valence-electron chi connectivity index (χ4n) is 5.94. The Morgan fingerprint density at radius 2 is 1.02 bits per heavy atom. The van der Waals surface area contributed by atoms with Gasteiger partial charge in [-0.05, 0) is 103 Å². The van der Waals surface area contributed by atoms with Gasteiger partial charge in [0.1, 0.15) is 0 Å². The van der Waals surface area contributed by atoms with Gasteiger partial charge in [0.2, 0.25) is 9.47 Å². The van der Waals surface area contributed by atoms with Crippen LogP contribution in [0.25, 0.3) is 32.9 Å². The summed E-state index contributed by atoms with van der Waals surface area (Å²) in [7, 11) is 0. The molecule has 2 fully saturated rings. The van der Waals surface area contributed by atoms with Gasteiger partial charge in [0.15, 0.2) is 10.3 Å². The second-order valence-corrected chi connectivity index (χ2v) is 15.9. The number of carboxylic acids is 2. The van der Waals surface area contributed by atoms with Gasteiger partial charge in [-0.2, -0.15) is 0 Å². The number of halogens is 4. The largest absolute Gasteiger partial charge is 0.481 e. The standard InChI is InChI=1S/2C17H13BrClN3O2S/c2*18-16-20-21-17(25-8-14(23)24)22(16)15-11-4-2-1-3-10(11)12(7-13(15)19)9-5-6-9/h2*1-4,7,9H,5-6,8H2,(H,23,24). The highest BCUT2D eigenvalue weighted by Gasteiger charge is 2.29. The maximum absolute atomic E-state index is 10.9. The van der Waals surface area contributed by atoms with E-state index in [1.165, 1.54) is 47.6 Å². The van der Waals surface area contributed by atoms with Gasteiger partial charge in [-0.3, -0.25) is 18.7 Å². The predicted octanol–water partition coefficient (Wildman–Crippen LogP) is 9.78. The summed E-state index contributed by atoms with van der Waals surface area (Å²) >= 11 is 22.4. The Balaban J connectivity index is 0.000000157. The molecule has 2 aliphatic carbocycles. The van der Waals surface area contributed by atoms with Crippen molar-refractivity contribution in [1.82, 2.24) is 29.5 Å². The van der Waals surface area contributed by atoms with Gasteiger partial charge >= 0.3 is 11.9 Å². The maximum Gasteiger partial charge on any atom is 0.313 e. The number of nitrogens with zero attached hydrogens (tertiary/aromatic N) is 6. The molecule has 2 heterocycles. The van der Waals surface area contributed by atoms with Crippen molar-refractivity contribution >= 4 is 112 Å². The molecule has 2 saturated carbocycles. The van der Waals surface area contributed by atoms with E-state index in [2.05, 4.69) is 64.4 Å². The number of carbonyl (C=O) groups is 2. The van der Waals surface area contributed by atoms with E-state index < -0.39 is 11.9 Å². The summed E-state index contributed by atoms with van der Waals surface area (Å²) in [4.78, 5) is 21.8. The molecular weight excluding hydrogens is 851 g/mol. The van der Waals surface area contributed by atoms with E-state index in [0.717, 1.165) is 45.7 Å². The zero-order chi connectivity index (χ0) is 35.1. The van der Waals surface area contributed by atoms with Crippen LogP contribution < -0.4 is 0 Å². The van der Waals surface area contributed by atoms with Crippen LogP contribution in [0, 0.1) is 0 Å². The van der Waals surface area contributed by atoms with E-state index >= 15 is 0 Å². The minimum Gasteiger partial charge on any atom is -0.481 e. The Morgan fingerprint density at radius 1 is 0.660 bits per heavy atom. The molecule has 0 radical (unpaired) electrons. The third-order valence-electron chi connectivity index (χ3n) is 8.32. The SMILES string of the molecule is O=C(O)CSc1nnc(Br)n1-c1c(Cl)cc(C2CC2)c2ccccc12.O=C(O)CSc1nnc(Br)n1-c1c(Cl)cc(C2CC2)c2ccccc12. The molecule has 2 N–H and O–H groups in total. The molecule has 2 aliphatic rings. The number of hydrogen-bond donors (Lipinski definition) is 2. The summed E-state index contributed by atoms with van der Waals surface area (Å²) in [5.41, 5.74) is 4.08. The topological polar surface area (TPSA) is 136 Å². The maximum atomic E-state index is 10.9. The third kappa shape index (κ3) is 7.28. The molecule has 6 aromatic rings. The number of carboxylic acid groups (broad SMARTS) is 2. The zero-order valence-corrected chi connectivity index (χ0v) is 32.2. The summed E-state index contributed by atoms with van der Waals surface area (Å²) in [6.07, 6.45) is 4.76. The molecule has 8 rings (SSSR count). The van der Waals surface area contributed by atoms with Crippen LogP contribution in [0.15, 0.2) is 80.4 Å². The van der Waals surface area contributed by atoms with Crippen molar-refractivity contribution in [2.45, 2.75) is 47.8 Å². The van der Waals surface area contributed by atoms with E-state index in [1.807, 2.05) is 48.5 Å². The number of hydrogen-bond acceptors (Lipinski definition) is 8. The molecule has 4 aromatic carbocycles. The molecular formula is C34H26Br2Cl2N6O4S2. The van der Waals surface area contributed by atoms with Crippen LogP contribution in [0.1, 0.15) is 48.6 Å². The van der Waals surface area contributed by atoms with Gasteiger partial charge in [0.05, 0.1) is 32.9 Å². The Hall–Kier alpha value is -3.14. The molecule has 0 bridgehead atoms. The smallest absolute Gasteiger partial charge is 0.313 e. The first-order chi connectivity index (χ1) is 24.1. The first kappa shape index (κ1) is 35.3. The van der Waals surface area contributed by atoms with Crippen LogP contribution in [0.5, 0.6) is 0 Å². The van der Waals surface area contributed by atoms with E-state index in [9.17, 15) is 9.59 Å². The second kappa shape index (κ2) is 14.8. The molecule has 10 nitrogen and oxygen atoms in total. The molecule has 0 amide bonds. The highest BCUT2D eigenvalue weighted by atomic mass is 79.9. The first-order valence-electron chi connectivity index (χ1n) is 15.5. The fraction of sp³-hybridized carbons (Fsp3) is 0.235. The van der Waals surface area contributed by atoms with Gasteiger partial charge in [-0.15, -0.1) is 20.4 Å². The normalized spacial score (nSPS) is 14.2. The van der Waals surface area contributed by atoms with Crippen molar-refractivity contribution < 1.29 is 19.8 Å². The van der Waals surface area contributed by atoms with Crippen molar-refractivity contribution in [1.29, 1.82) is 0 Å². The van der Waals surface area contributed by atoms with Crippen molar-refractivity contribution in [2.24, 2.45) is 0 Å². The summed E-state index contributed by atoms with van der Waals surface area (Å²) in [6.45, 7) is 0. The molecule has 2 aromatic heterocycles. The van der Waals surface area contributed by atoms with Gasteiger partial charge in [-0.25, -0.2) is 0 Å². The lowest BCUT2D eigenvalue weighted by Gasteiger charge is -2.15. The molecule has 0 saturated heterocycles. The predicted molar refractivity (Wildman–Crippen MR) is 204 cm³/mol. The van der Waals surface area contributed by atoms with Crippen molar-refractivity contribution in [3.8, 4) is 11.4 Å². The summed E-state index contributed by atoms with van der Waals surface area (Å²) in [6, 6.07) is 20.3. The molecule has 0 unspecified atom stereocenters. The average Bonchev–Trinajstić information content (AvgIpc) is 4.04. The number of thioether (sulfide) groups is 2.